The molecule has 142 valence electrons. The highest BCUT2D eigenvalue weighted by Crippen LogP contribution is 2.29. The molecule has 2 heterocycles. The largest absolute Gasteiger partial charge is 0.379 e. The van der Waals surface area contributed by atoms with Crippen molar-refractivity contribution in [1.82, 2.24) is 20.2 Å². The highest BCUT2D eigenvalue weighted by atomic mass is 35.5. The van der Waals surface area contributed by atoms with Gasteiger partial charge in [-0.15, -0.1) is 12.4 Å². The molecule has 5 nitrogen and oxygen atoms in total. The maximum Gasteiger partial charge on any atom is 0.0949 e. The summed E-state index contributed by atoms with van der Waals surface area (Å²) in [5, 5.41) is 7.44. The number of imidazole rings is 1. The second-order valence-corrected chi connectivity index (χ2v) is 7.27. The fourth-order valence-electron chi connectivity index (χ4n) is 4.19. The molecule has 0 spiro atoms. The van der Waals surface area contributed by atoms with Gasteiger partial charge in [-0.25, -0.2) is 4.98 Å². The number of halogens is 1. The van der Waals surface area contributed by atoms with Crippen molar-refractivity contribution in [2.24, 2.45) is 5.92 Å². The number of nitrogens with one attached hydrogen (secondary N) is 2. The van der Waals surface area contributed by atoms with E-state index in [1.54, 1.807) is 0 Å². The predicted octanol–water partition coefficient (Wildman–Crippen LogP) is 2.60. The van der Waals surface area contributed by atoms with Crippen molar-refractivity contribution in [3.63, 3.8) is 0 Å². The maximum absolute atomic E-state index is 5.67. The summed E-state index contributed by atoms with van der Waals surface area (Å²) < 4.78 is 7.76. The van der Waals surface area contributed by atoms with E-state index in [1.807, 2.05) is 18.7 Å². The van der Waals surface area contributed by atoms with Crippen molar-refractivity contribution in [3.8, 4) is 0 Å². The molecule has 3 atom stereocenters. The van der Waals surface area contributed by atoms with E-state index < -0.39 is 0 Å². The van der Waals surface area contributed by atoms with Crippen LogP contribution in [0, 0.1) is 5.92 Å². The highest BCUT2D eigenvalue weighted by molar-refractivity contribution is 5.85. The van der Waals surface area contributed by atoms with Gasteiger partial charge in [-0.05, 0) is 29.9 Å². The fourth-order valence-corrected chi connectivity index (χ4v) is 4.19. The van der Waals surface area contributed by atoms with Gasteiger partial charge in [-0.1, -0.05) is 30.7 Å². The number of hydrogen-bond acceptors (Lipinski definition) is 4. The molecule has 0 radical (unpaired) electrons. The molecule has 0 amide bonds. The first-order valence-electron chi connectivity index (χ1n) is 9.46. The summed E-state index contributed by atoms with van der Waals surface area (Å²) >= 11 is 0. The smallest absolute Gasteiger partial charge is 0.0949 e. The monoisotopic (exact) mass is 376 g/mol. The van der Waals surface area contributed by atoms with E-state index in [0.29, 0.717) is 18.0 Å². The Bertz CT molecular complexity index is 640. The molecule has 1 saturated heterocycles. The molecular formula is C20H29ClN4O. The van der Waals surface area contributed by atoms with Crippen molar-refractivity contribution >= 4 is 12.4 Å². The van der Waals surface area contributed by atoms with E-state index in [4.69, 9.17) is 4.74 Å². The number of morpholine rings is 1. The predicted molar refractivity (Wildman–Crippen MR) is 106 cm³/mol. The molecular weight excluding hydrogens is 348 g/mol. The number of rotatable bonds is 6. The van der Waals surface area contributed by atoms with Crippen LogP contribution in [-0.2, 0) is 17.8 Å². The van der Waals surface area contributed by atoms with Crippen LogP contribution in [0.4, 0.5) is 0 Å². The number of nitrogens with zero attached hydrogens (tertiary/aromatic N) is 2. The first-order valence-corrected chi connectivity index (χ1v) is 9.46. The summed E-state index contributed by atoms with van der Waals surface area (Å²) in [7, 11) is 0. The third-order valence-corrected chi connectivity index (χ3v) is 5.55. The number of benzene rings is 1. The van der Waals surface area contributed by atoms with E-state index in [1.165, 1.54) is 30.4 Å². The maximum atomic E-state index is 5.67. The molecule has 1 aromatic carbocycles. The van der Waals surface area contributed by atoms with Gasteiger partial charge in [0.1, 0.15) is 0 Å². The summed E-state index contributed by atoms with van der Waals surface area (Å²) in [6, 6.07) is 10.0. The van der Waals surface area contributed by atoms with Crippen LogP contribution in [0.1, 0.15) is 30.4 Å². The molecule has 2 fully saturated rings. The average Bonchev–Trinajstić information content (AvgIpc) is 3.33. The average molecular weight is 377 g/mol. The molecule has 26 heavy (non-hydrogen) atoms. The zero-order chi connectivity index (χ0) is 16.9. The minimum atomic E-state index is 0. The molecule has 3 unspecified atom stereocenters. The Morgan fingerprint density at radius 3 is 2.77 bits per heavy atom. The first kappa shape index (κ1) is 19.4. The normalized spacial score (nSPS) is 25.8. The highest BCUT2D eigenvalue weighted by Gasteiger charge is 2.34. The minimum Gasteiger partial charge on any atom is -0.379 e. The Morgan fingerprint density at radius 2 is 2.04 bits per heavy atom. The summed E-state index contributed by atoms with van der Waals surface area (Å²) in [6.07, 6.45) is 9.59. The Balaban J connectivity index is 0.00000196. The van der Waals surface area contributed by atoms with Gasteiger partial charge in [-0.3, -0.25) is 0 Å². The van der Waals surface area contributed by atoms with Gasteiger partial charge in [0.05, 0.1) is 19.5 Å². The standard InChI is InChI=1S/C20H28N4O.ClH/c1-2-18(20-14-25-11-9-22-20)19(3-1)23-12-16-4-6-17(7-5-16)13-24-10-8-21-15-24;/h4-8,10,15,18-20,22-23H,1-3,9,11-14H2;1H. The van der Waals surface area contributed by atoms with E-state index >= 15 is 0 Å². The molecule has 6 heteroatoms. The van der Waals surface area contributed by atoms with Crippen LogP contribution in [0.3, 0.4) is 0 Å². The lowest BCUT2D eigenvalue weighted by Gasteiger charge is -2.33. The molecule has 2 aromatic rings. The van der Waals surface area contributed by atoms with Gasteiger partial charge in [0, 0.05) is 44.1 Å². The van der Waals surface area contributed by atoms with Gasteiger partial charge in [0.15, 0.2) is 0 Å². The lowest BCUT2D eigenvalue weighted by molar-refractivity contribution is 0.0524. The van der Waals surface area contributed by atoms with Crippen LogP contribution in [-0.4, -0.2) is 41.4 Å². The van der Waals surface area contributed by atoms with Gasteiger partial charge < -0.3 is 19.9 Å². The number of aromatic nitrogens is 2. The van der Waals surface area contributed by atoms with Crippen LogP contribution in [0.5, 0.6) is 0 Å². The molecule has 1 aromatic heterocycles. The Hall–Kier alpha value is -1.40. The summed E-state index contributed by atoms with van der Waals surface area (Å²) in [5.74, 6) is 0.695. The molecule has 2 N–H and O–H groups in total. The summed E-state index contributed by atoms with van der Waals surface area (Å²) in [4.78, 5) is 4.09. The van der Waals surface area contributed by atoms with Crippen molar-refractivity contribution in [1.29, 1.82) is 0 Å². The van der Waals surface area contributed by atoms with Crippen LogP contribution < -0.4 is 10.6 Å². The summed E-state index contributed by atoms with van der Waals surface area (Å²) in [6.45, 7) is 4.54. The van der Waals surface area contributed by atoms with Crippen LogP contribution in [0.2, 0.25) is 0 Å². The van der Waals surface area contributed by atoms with Gasteiger partial charge in [0.2, 0.25) is 0 Å². The summed E-state index contributed by atoms with van der Waals surface area (Å²) in [5.41, 5.74) is 2.66. The first-order chi connectivity index (χ1) is 12.4. The number of hydrogen-bond donors (Lipinski definition) is 2. The number of ether oxygens (including phenoxy) is 1. The van der Waals surface area contributed by atoms with Crippen LogP contribution in [0.25, 0.3) is 0 Å². The topological polar surface area (TPSA) is 51.1 Å². The van der Waals surface area contributed by atoms with E-state index in [-0.39, 0.29) is 12.4 Å². The Labute approximate surface area is 161 Å². The third kappa shape index (κ3) is 4.86. The second kappa shape index (κ2) is 9.51. The minimum absolute atomic E-state index is 0. The van der Waals surface area contributed by atoms with Gasteiger partial charge in [-0.2, -0.15) is 0 Å². The van der Waals surface area contributed by atoms with Crippen molar-refractivity contribution < 1.29 is 4.74 Å². The second-order valence-electron chi connectivity index (χ2n) is 7.27. The third-order valence-electron chi connectivity index (χ3n) is 5.55. The van der Waals surface area contributed by atoms with Crippen molar-refractivity contribution in [2.75, 3.05) is 19.8 Å². The van der Waals surface area contributed by atoms with Crippen LogP contribution >= 0.6 is 12.4 Å². The zero-order valence-electron chi connectivity index (χ0n) is 15.1. The molecule has 4 rings (SSSR count). The van der Waals surface area contributed by atoms with Gasteiger partial charge >= 0.3 is 0 Å². The van der Waals surface area contributed by atoms with Crippen molar-refractivity contribution in [2.45, 2.75) is 44.4 Å². The Kier molecular flexibility index (Phi) is 7.08. The SMILES string of the molecule is Cl.c1cn(Cc2ccc(CNC3CCCC3C3COCCN3)cc2)cn1. The molecule has 2 aliphatic rings. The van der Waals surface area contributed by atoms with Gasteiger partial charge in [0.25, 0.3) is 0 Å². The quantitative estimate of drug-likeness (QED) is 0.813. The van der Waals surface area contributed by atoms with E-state index in [2.05, 4.69) is 44.5 Å². The zero-order valence-corrected chi connectivity index (χ0v) is 16.0. The lowest BCUT2D eigenvalue weighted by Crippen LogP contribution is -2.50. The molecule has 1 aliphatic carbocycles. The Morgan fingerprint density at radius 1 is 1.19 bits per heavy atom. The molecule has 1 saturated carbocycles. The molecule has 0 bridgehead atoms. The molecule has 1 aliphatic heterocycles. The van der Waals surface area contributed by atoms with Crippen LogP contribution in [0.15, 0.2) is 43.0 Å². The van der Waals surface area contributed by atoms with Crippen molar-refractivity contribution in [3.05, 3.63) is 54.1 Å². The van der Waals surface area contributed by atoms with E-state index in [0.717, 1.165) is 32.8 Å². The lowest BCUT2D eigenvalue weighted by atomic mass is 9.94. The van der Waals surface area contributed by atoms with E-state index in [9.17, 15) is 0 Å². The fraction of sp³-hybridized carbons (Fsp3) is 0.550.